The van der Waals surface area contributed by atoms with Gasteiger partial charge in [0.1, 0.15) is 12.4 Å². The quantitative estimate of drug-likeness (QED) is 0.331. The van der Waals surface area contributed by atoms with Crippen LogP contribution in [0.3, 0.4) is 0 Å². The predicted octanol–water partition coefficient (Wildman–Crippen LogP) is 3.32. The Labute approximate surface area is 214 Å². The van der Waals surface area contributed by atoms with Crippen LogP contribution in [0.5, 0.6) is 0 Å². The molecule has 1 saturated heterocycles. The zero-order valence-corrected chi connectivity index (χ0v) is 20.6. The van der Waals surface area contributed by atoms with E-state index in [1.807, 2.05) is 4.90 Å². The Morgan fingerprint density at radius 2 is 2.11 bits per heavy atom. The number of benzene rings is 1. The van der Waals surface area contributed by atoms with Gasteiger partial charge in [-0.05, 0) is 48.9 Å². The second kappa shape index (κ2) is 11.0. The van der Waals surface area contributed by atoms with Crippen LogP contribution in [0.1, 0.15) is 43.2 Å². The van der Waals surface area contributed by atoms with E-state index in [0.29, 0.717) is 48.2 Å². The molecule has 0 spiro atoms. The second-order valence-electron chi connectivity index (χ2n) is 9.71. The Bertz CT molecular complexity index is 1200. The standard InChI is InChI=1S/C26H32F2N6O3/c27-25(28)20-11-23-16(10-19(20)17-12-31-33(14-17)15-24(35)36)2-1-7-34(23)26(29)21-13-30-6-3-22(21)32-18-4-8-37-9-5-18/h10-12,14,18,25,29-30,32H,1-9,13,15H2,(H,35,36). The summed E-state index contributed by atoms with van der Waals surface area (Å²) in [6.07, 6.45) is 4.32. The Morgan fingerprint density at radius 3 is 2.86 bits per heavy atom. The zero-order valence-electron chi connectivity index (χ0n) is 20.6. The van der Waals surface area contributed by atoms with Crippen LogP contribution in [0.4, 0.5) is 14.5 Å². The minimum atomic E-state index is -2.73. The van der Waals surface area contributed by atoms with Crippen LogP contribution in [-0.4, -0.2) is 65.6 Å². The van der Waals surface area contributed by atoms with Gasteiger partial charge in [-0.15, -0.1) is 0 Å². The van der Waals surface area contributed by atoms with Gasteiger partial charge in [-0.25, -0.2) is 8.78 Å². The summed E-state index contributed by atoms with van der Waals surface area (Å²) in [5.74, 6) is -0.717. The molecule has 2 aromatic rings. The topological polar surface area (TPSA) is 116 Å². The van der Waals surface area contributed by atoms with Crippen molar-refractivity contribution >= 4 is 17.5 Å². The smallest absolute Gasteiger partial charge is 0.325 e. The summed E-state index contributed by atoms with van der Waals surface area (Å²) in [5, 5.41) is 29.2. The first-order valence-electron chi connectivity index (χ1n) is 12.7. The van der Waals surface area contributed by atoms with E-state index < -0.39 is 12.4 Å². The van der Waals surface area contributed by atoms with Crippen molar-refractivity contribution in [1.29, 1.82) is 5.41 Å². The Morgan fingerprint density at radius 1 is 1.30 bits per heavy atom. The van der Waals surface area contributed by atoms with Gasteiger partial charge in [-0.2, -0.15) is 5.10 Å². The molecule has 3 aliphatic heterocycles. The van der Waals surface area contributed by atoms with Gasteiger partial charge in [0.2, 0.25) is 0 Å². The number of fused-ring (bicyclic) bond motifs is 1. The number of carboxylic acid groups (broad SMARTS) is 1. The average Bonchev–Trinajstić information content (AvgIpc) is 3.35. The highest BCUT2D eigenvalue weighted by atomic mass is 19.3. The van der Waals surface area contributed by atoms with Gasteiger partial charge in [0.15, 0.2) is 0 Å². The van der Waals surface area contributed by atoms with Crippen molar-refractivity contribution in [2.45, 2.75) is 51.1 Å². The molecule has 0 saturated carbocycles. The molecule has 1 fully saturated rings. The highest BCUT2D eigenvalue weighted by molar-refractivity contribution is 6.09. The van der Waals surface area contributed by atoms with Gasteiger partial charge in [0, 0.05) is 79.6 Å². The second-order valence-corrected chi connectivity index (χ2v) is 9.71. The molecule has 37 heavy (non-hydrogen) atoms. The first-order chi connectivity index (χ1) is 17.9. The summed E-state index contributed by atoms with van der Waals surface area (Å²) >= 11 is 0. The molecular weight excluding hydrogens is 482 g/mol. The third-order valence-corrected chi connectivity index (χ3v) is 7.22. The van der Waals surface area contributed by atoms with Crippen LogP contribution in [0.2, 0.25) is 0 Å². The average molecular weight is 515 g/mol. The molecule has 0 atom stereocenters. The first kappa shape index (κ1) is 25.3. The van der Waals surface area contributed by atoms with Crippen molar-refractivity contribution in [2.24, 2.45) is 0 Å². The molecular formula is C26H32F2N6O3. The Balaban J connectivity index is 1.47. The Kier molecular flexibility index (Phi) is 7.52. The fourth-order valence-corrected chi connectivity index (χ4v) is 5.36. The molecule has 11 heteroatoms. The van der Waals surface area contributed by atoms with Crippen molar-refractivity contribution in [2.75, 3.05) is 37.7 Å². The van der Waals surface area contributed by atoms with Gasteiger partial charge in [-0.1, -0.05) is 0 Å². The maximum absolute atomic E-state index is 14.3. The number of hydrogen-bond acceptors (Lipinski definition) is 6. The molecule has 0 bridgehead atoms. The number of alkyl halides is 2. The van der Waals surface area contributed by atoms with E-state index >= 15 is 0 Å². The zero-order chi connectivity index (χ0) is 25.9. The molecule has 0 amide bonds. The van der Waals surface area contributed by atoms with E-state index in [1.54, 1.807) is 6.07 Å². The van der Waals surface area contributed by atoms with E-state index in [4.69, 9.17) is 15.3 Å². The number of amidine groups is 1. The fourth-order valence-electron chi connectivity index (χ4n) is 5.36. The van der Waals surface area contributed by atoms with Gasteiger partial charge >= 0.3 is 5.97 Å². The van der Waals surface area contributed by atoms with Gasteiger partial charge in [0.05, 0.1) is 6.20 Å². The SMILES string of the molecule is N=C(C1=C(NC2CCOCC2)CCNC1)N1CCCc2cc(-c3cnn(CC(=O)O)c3)c(C(F)F)cc21. The number of anilines is 1. The molecule has 1 aromatic heterocycles. The summed E-state index contributed by atoms with van der Waals surface area (Å²) in [4.78, 5) is 12.9. The highest BCUT2D eigenvalue weighted by Crippen LogP contribution is 2.39. The number of carbonyl (C=O) groups is 1. The lowest BCUT2D eigenvalue weighted by Gasteiger charge is -2.36. The van der Waals surface area contributed by atoms with Crippen LogP contribution >= 0.6 is 0 Å². The maximum atomic E-state index is 14.3. The number of hydrogen-bond donors (Lipinski definition) is 4. The number of nitrogens with one attached hydrogen (secondary N) is 3. The van der Waals surface area contributed by atoms with Gasteiger partial charge in [-0.3, -0.25) is 14.9 Å². The van der Waals surface area contributed by atoms with Crippen LogP contribution in [0.15, 0.2) is 35.8 Å². The van der Waals surface area contributed by atoms with Crippen molar-refractivity contribution in [3.05, 3.63) is 46.9 Å². The number of aryl methyl sites for hydroxylation is 1. The molecule has 0 radical (unpaired) electrons. The van der Waals surface area contributed by atoms with E-state index in [1.165, 1.54) is 23.1 Å². The minimum Gasteiger partial charge on any atom is -0.480 e. The maximum Gasteiger partial charge on any atom is 0.325 e. The number of nitrogens with zero attached hydrogens (tertiary/aromatic N) is 3. The Hall–Kier alpha value is -3.31. The summed E-state index contributed by atoms with van der Waals surface area (Å²) in [6, 6.07) is 3.57. The summed E-state index contributed by atoms with van der Waals surface area (Å²) in [5.41, 5.74) is 4.11. The first-order valence-corrected chi connectivity index (χ1v) is 12.7. The van der Waals surface area contributed by atoms with Crippen LogP contribution in [0.25, 0.3) is 11.1 Å². The summed E-state index contributed by atoms with van der Waals surface area (Å²) < 4.78 is 35.2. The molecule has 5 rings (SSSR count). The normalized spacial score (nSPS) is 18.7. The van der Waals surface area contributed by atoms with E-state index in [9.17, 15) is 13.6 Å². The van der Waals surface area contributed by atoms with Crippen LogP contribution in [0, 0.1) is 5.41 Å². The lowest BCUT2D eigenvalue weighted by atomic mass is 9.92. The summed E-state index contributed by atoms with van der Waals surface area (Å²) in [6.45, 7) is 3.07. The predicted molar refractivity (Wildman–Crippen MR) is 135 cm³/mol. The number of carboxylic acids is 1. The number of rotatable bonds is 7. The lowest BCUT2D eigenvalue weighted by Crippen LogP contribution is -2.44. The number of ether oxygens (including phenoxy) is 1. The molecule has 198 valence electrons. The molecule has 9 nitrogen and oxygen atoms in total. The van der Waals surface area contributed by atoms with E-state index in [2.05, 4.69) is 15.7 Å². The molecule has 0 unspecified atom stereocenters. The lowest BCUT2D eigenvalue weighted by molar-refractivity contribution is -0.137. The van der Waals surface area contributed by atoms with Crippen LogP contribution < -0.4 is 15.5 Å². The molecule has 3 aliphatic rings. The molecule has 0 aliphatic carbocycles. The molecule has 4 heterocycles. The number of aliphatic carboxylic acids is 1. The van der Waals surface area contributed by atoms with Crippen LogP contribution in [-0.2, 0) is 22.5 Å². The third-order valence-electron chi connectivity index (χ3n) is 7.22. The fraction of sp³-hybridized carbons (Fsp3) is 0.500. The van der Waals surface area contributed by atoms with Crippen molar-refractivity contribution in [3.8, 4) is 11.1 Å². The van der Waals surface area contributed by atoms with E-state index in [0.717, 1.165) is 62.3 Å². The molecule has 1 aromatic carbocycles. The number of aromatic nitrogens is 2. The van der Waals surface area contributed by atoms with Crippen molar-refractivity contribution in [3.63, 3.8) is 0 Å². The largest absolute Gasteiger partial charge is 0.480 e. The third kappa shape index (κ3) is 5.52. The van der Waals surface area contributed by atoms with Gasteiger partial charge < -0.3 is 25.4 Å². The van der Waals surface area contributed by atoms with E-state index in [-0.39, 0.29) is 12.1 Å². The highest BCUT2D eigenvalue weighted by Gasteiger charge is 2.29. The monoisotopic (exact) mass is 514 g/mol. The van der Waals surface area contributed by atoms with Crippen molar-refractivity contribution < 1.29 is 23.4 Å². The van der Waals surface area contributed by atoms with Crippen molar-refractivity contribution in [1.82, 2.24) is 20.4 Å². The molecule has 4 N–H and O–H groups in total. The van der Waals surface area contributed by atoms with Gasteiger partial charge in [0.25, 0.3) is 6.43 Å². The summed E-state index contributed by atoms with van der Waals surface area (Å²) in [7, 11) is 0. The minimum absolute atomic E-state index is 0.148. The number of halogens is 2.